The van der Waals surface area contributed by atoms with E-state index < -0.39 is 0 Å². The first-order chi connectivity index (χ1) is 12.8. The molecule has 2 fully saturated rings. The van der Waals surface area contributed by atoms with Crippen LogP contribution in [0.25, 0.3) is 0 Å². The van der Waals surface area contributed by atoms with Gasteiger partial charge in [0, 0.05) is 25.2 Å². The smallest absolute Gasteiger partial charge is 0.160 e. The molecular formula is C21H34N2O3. The number of nitrogens with one attached hydrogen (secondary N) is 1. The van der Waals surface area contributed by atoms with E-state index in [1.807, 2.05) is 6.07 Å². The van der Waals surface area contributed by atoms with E-state index in [2.05, 4.69) is 22.3 Å². The molecule has 3 rings (SSSR count). The van der Waals surface area contributed by atoms with Gasteiger partial charge in [-0.3, -0.25) is 4.90 Å². The number of aryl methyl sites for hydroxylation is 1. The molecule has 146 valence electrons. The zero-order valence-electron chi connectivity index (χ0n) is 16.3. The van der Waals surface area contributed by atoms with Gasteiger partial charge in [-0.1, -0.05) is 18.9 Å². The number of methoxy groups -OCH3 is 2. The van der Waals surface area contributed by atoms with Gasteiger partial charge in [0.2, 0.25) is 0 Å². The summed E-state index contributed by atoms with van der Waals surface area (Å²) in [6, 6.07) is 7.55. The van der Waals surface area contributed by atoms with Gasteiger partial charge >= 0.3 is 0 Å². The van der Waals surface area contributed by atoms with E-state index >= 15 is 0 Å². The molecule has 0 radical (unpaired) electrons. The summed E-state index contributed by atoms with van der Waals surface area (Å²) >= 11 is 0. The Balaban J connectivity index is 1.46. The van der Waals surface area contributed by atoms with Crippen LogP contribution in [0.15, 0.2) is 18.2 Å². The Morgan fingerprint density at radius 1 is 1.08 bits per heavy atom. The number of rotatable bonds is 8. The van der Waals surface area contributed by atoms with Crippen molar-refractivity contribution in [1.29, 1.82) is 0 Å². The number of nitrogens with zero attached hydrogens (tertiary/aromatic N) is 1. The van der Waals surface area contributed by atoms with Gasteiger partial charge in [0.15, 0.2) is 11.5 Å². The molecule has 1 heterocycles. The standard InChI is InChI=1S/C21H34N2O3/c1-24-20-10-9-17(16-21(20)25-2)6-5-11-22-18-7-3-4-8-19(18)23-12-14-26-15-13-23/h9-10,16,18-19,22H,3-8,11-15H2,1-2H3. The van der Waals surface area contributed by atoms with E-state index in [0.29, 0.717) is 12.1 Å². The summed E-state index contributed by atoms with van der Waals surface area (Å²) in [5.41, 5.74) is 1.30. The van der Waals surface area contributed by atoms with E-state index in [1.165, 1.54) is 31.2 Å². The number of benzene rings is 1. The molecule has 1 saturated heterocycles. The third-order valence-electron chi connectivity index (χ3n) is 5.74. The summed E-state index contributed by atoms with van der Waals surface area (Å²) in [5, 5.41) is 3.85. The van der Waals surface area contributed by atoms with Crippen LogP contribution in [0.2, 0.25) is 0 Å². The molecule has 2 aliphatic rings. The van der Waals surface area contributed by atoms with Crippen molar-refractivity contribution in [2.24, 2.45) is 0 Å². The molecule has 0 bridgehead atoms. The van der Waals surface area contributed by atoms with Crippen molar-refractivity contribution < 1.29 is 14.2 Å². The van der Waals surface area contributed by atoms with Crippen molar-refractivity contribution in [2.45, 2.75) is 50.6 Å². The van der Waals surface area contributed by atoms with Gasteiger partial charge in [-0.05, 0) is 49.9 Å². The molecule has 0 spiro atoms. The average molecular weight is 363 g/mol. The lowest BCUT2D eigenvalue weighted by atomic mass is 9.88. The Bertz CT molecular complexity index is 546. The highest BCUT2D eigenvalue weighted by Crippen LogP contribution is 2.28. The Hall–Kier alpha value is -1.30. The van der Waals surface area contributed by atoms with Crippen LogP contribution in [0.4, 0.5) is 0 Å². The second-order valence-corrected chi connectivity index (χ2v) is 7.35. The normalized spacial score (nSPS) is 24.4. The number of morpholine rings is 1. The lowest BCUT2D eigenvalue weighted by Gasteiger charge is -2.42. The molecular weight excluding hydrogens is 328 g/mol. The first-order valence-corrected chi connectivity index (χ1v) is 10.1. The molecule has 1 aromatic rings. The van der Waals surface area contributed by atoms with Crippen molar-refractivity contribution in [3.63, 3.8) is 0 Å². The van der Waals surface area contributed by atoms with Crippen LogP contribution in [0.3, 0.4) is 0 Å². The number of hydrogen-bond acceptors (Lipinski definition) is 5. The zero-order chi connectivity index (χ0) is 18.2. The first kappa shape index (κ1) is 19.5. The monoisotopic (exact) mass is 362 g/mol. The van der Waals surface area contributed by atoms with Gasteiger partial charge in [0.05, 0.1) is 27.4 Å². The lowest BCUT2D eigenvalue weighted by molar-refractivity contribution is -0.000241. The predicted octanol–water partition coefficient (Wildman–Crippen LogP) is 2.87. The van der Waals surface area contributed by atoms with E-state index in [0.717, 1.165) is 57.2 Å². The lowest BCUT2D eigenvalue weighted by Crippen LogP contribution is -2.55. The van der Waals surface area contributed by atoms with Gasteiger partial charge in [-0.25, -0.2) is 0 Å². The molecule has 1 N–H and O–H groups in total. The summed E-state index contributed by atoms with van der Waals surface area (Å²) < 4.78 is 16.2. The van der Waals surface area contributed by atoms with Gasteiger partial charge in [0.25, 0.3) is 0 Å². The molecule has 2 atom stereocenters. The van der Waals surface area contributed by atoms with Crippen LogP contribution in [0.1, 0.15) is 37.7 Å². The molecule has 5 nitrogen and oxygen atoms in total. The van der Waals surface area contributed by atoms with Crippen LogP contribution >= 0.6 is 0 Å². The maximum absolute atomic E-state index is 5.53. The Morgan fingerprint density at radius 2 is 1.85 bits per heavy atom. The second kappa shape index (κ2) is 10.1. The fourth-order valence-electron chi connectivity index (χ4n) is 4.31. The molecule has 1 aromatic carbocycles. The average Bonchev–Trinajstić information content (AvgIpc) is 2.72. The maximum atomic E-state index is 5.53. The summed E-state index contributed by atoms with van der Waals surface area (Å²) in [5.74, 6) is 1.61. The quantitative estimate of drug-likeness (QED) is 0.721. The molecule has 2 unspecified atom stereocenters. The molecule has 26 heavy (non-hydrogen) atoms. The van der Waals surface area contributed by atoms with Crippen LogP contribution in [0.5, 0.6) is 11.5 Å². The van der Waals surface area contributed by atoms with E-state index in [4.69, 9.17) is 14.2 Å². The summed E-state index contributed by atoms with van der Waals surface area (Å²) in [6.07, 6.45) is 7.55. The Kier molecular flexibility index (Phi) is 7.59. The number of ether oxygens (including phenoxy) is 3. The highest BCUT2D eigenvalue weighted by atomic mass is 16.5. The first-order valence-electron chi connectivity index (χ1n) is 10.1. The molecule has 0 aromatic heterocycles. The minimum absolute atomic E-state index is 0.632. The highest BCUT2D eigenvalue weighted by molar-refractivity contribution is 5.42. The van der Waals surface area contributed by atoms with Crippen LogP contribution in [0, 0.1) is 0 Å². The van der Waals surface area contributed by atoms with Crippen LogP contribution < -0.4 is 14.8 Å². The van der Waals surface area contributed by atoms with Crippen LogP contribution in [-0.2, 0) is 11.2 Å². The Labute approximate surface area is 158 Å². The molecule has 1 saturated carbocycles. The molecule has 1 aliphatic heterocycles. The van der Waals surface area contributed by atoms with Crippen LogP contribution in [-0.4, -0.2) is 64.1 Å². The third kappa shape index (κ3) is 5.12. The van der Waals surface area contributed by atoms with Crippen molar-refractivity contribution in [3.05, 3.63) is 23.8 Å². The SMILES string of the molecule is COc1ccc(CCCNC2CCCCC2N2CCOCC2)cc1OC. The summed E-state index contributed by atoms with van der Waals surface area (Å²) in [6.45, 7) is 5.04. The van der Waals surface area contributed by atoms with Crippen molar-refractivity contribution >= 4 is 0 Å². The second-order valence-electron chi connectivity index (χ2n) is 7.35. The molecule has 5 heteroatoms. The summed E-state index contributed by atoms with van der Waals surface area (Å²) in [7, 11) is 3.37. The van der Waals surface area contributed by atoms with E-state index in [9.17, 15) is 0 Å². The Morgan fingerprint density at radius 3 is 2.62 bits per heavy atom. The van der Waals surface area contributed by atoms with E-state index in [1.54, 1.807) is 14.2 Å². The van der Waals surface area contributed by atoms with Gasteiger partial charge in [-0.15, -0.1) is 0 Å². The van der Waals surface area contributed by atoms with Gasteiger partial charge in [0.1, 0.15) is 0 Å². The molecule has 1 aliphatic carbocycles. The maximum Gasteiger partial charge on any atom is 0.160 e. The van der Waals surface area contributed by atoms with Gasteiger partial charge in [-0.2, -0.15) is 0 Å². The largest absolute Gasteiger partial charge is 0.493 e. The minimum Gasteiger partial charge on any atom is -0.493 e. The fourth-order valence-corrected chi connectivity index (χ4v) is 4.31. The number of hydrogen-bond donors (Lipinski definition) is 1. The fraction of sp³-hybridized carbons (Fsp3) is 0.714. The molecule has 0 amide bonds. The van der Waals surface area contributed by atoms with Crippen molar-refractivity contribution in [3.8, 4) is 11.5 Å². The minimum atomic E-state index is 0.632. The topological polar surface area (TPSA) is 43.0 Å². The highest BCUT2D eigenvalue weighted by Gasteiger charge is 2.30. The summed E-state index contributed by atoms with van der Waals surface area (Å²) in [4.78, 5) is 2.65. The predicted molar refractivity (Wildman–Crippen MR) is 104 cm³/mol. The zero-order valence-corrected chi connectivity index (χ0v) is 16.3. The van der Waals surface area contributed by atoms with Gasteiger partial charge < -0.3 is 19.5 Å². The third-order valence-corrected chi connectivity index (χ3v) is 5.74. The van der Waals surface area contributed by atoms with Crippen molar-refractivity contribution in [1.82, 2.24) is 10.2 Å². The van der Waals surface area contributed by atoms with E-state index in [-0.39, 0.29) is 0 Å². The van der Waals surface area contributed by atoms with Crippen molar-refractivity contribution in [2.75, 3.05) is 47.1 Å².